The zero-order chi connectivity index (χ0) is 14.5. The summed E-state index contributed by atoms with van der Waals surface area (Å²) in [5, 5.41) is 9.10. The zero-order valence-electron chi connectivity index (χ0n) is 11.6. The van der Waals surface area contributed by atoms with E-state index in [9.17, 15) is 8.42 Å². The maximum absolute atomic E-state index is 12.4. The Morgan fingerprint density at radius 3 is 2.63 bits per heavy atom. The molecule has 6 heteroatoms. The maximum atomic E-state index is 12.4. The van der Waals surface area contributed by atoms with E-state index in [0.29, 0.717) is 30.9 Å². The lowest BCUT2D eigenvalue weighted by Crippen LogP contribution is -2.30. The Kier molecular flexibility index (Phi) is 5.93. The van der Waals surface area contributed by atoms with Gasteiger partial charge in [0.15, 0.2) is 0 Å². The van der Waals surface area contributed by atoms with Gasteiger partial charge in [-0.15, -0.1) is 0 Å². The predicted molar refractivity (Wildman–Crippen MR) is 73.4 cm³/mol. The second kappa shape index (κ2) is 7.00. The summed E-state index contributed by atoms with van der Waals surface area (Å²) in [6.45, 7) is 4.66. The van der Waals surface area contributed by atoms with E-state index in [1.807, 2.05) is 6.92 Å². The first kappa shape index (κ1) is 16.1. The Bertz CT molecular complexity index is 513. The number of sulfonamides is 1. The van der Waals surface area contributed by atoms with Crippen molar-refractivity contribution in [2.45, 2.75) is 25.3 Å². The number of rotatable bonds is 7. The van der Waals surface area contributed by atoms with Crippen LogP contribution in [0.25, 0.3) is 0 Å². The van der Waals surface area contributed by atoms with Crippen molar-refractivity contribution in [3.63, 3.8) is 0 Å². The lowest BCUT2D eigenvalue weighted by Gasteiger charge is -2.18. The molecular formula is C13H21NO4S. The molecule has 0 unspecified atom stereocenters. The fourth-order valence-corrected chi connectivity index (χ4v) is 3.07. The van der Waals surface area contributed by atoms with Crippen molar-refractivity contribution in [2.75, 3.05) is 26.8 Å². The highest BCUT2D eigenvalue weighted by Gasteiger charge is 2.22. The second-order valence-corrected chi connectivity index (χ2v) is 6.29. The van der Waals surface area contributed by atoms with Gasteiger partial charge in [-0.2, -0.15) is 4.31 Å². The molecule has 0 aliphatic heterocycles. The summed E-state index contributed by atoms with van der Waals surface area (Å²) in [5.41, 5.74) is 1.25. The van der Waals surface area contributed by atoms with E-state index in [2.05, 4.69) is 0 Å². The van der Waals surface area contributed by atoms with E-state index < -0.39 is 10.0 Å². The van der Waals surface area contributed by atoms with Gasteiger partial charge in [0.05, 0.1) is 18.1 Å². The standard InChI is InChI=1S/C13H21NO4S/c1-4-18-8-7-14(3)19(16,17)13-9-12(10-15)6-5-11(13)2/h5-6,9,15H,4,7-8,10H2,1-3H3. The fraction of sp³-hybridized carbons (Fsp3) is 0.538. The van der Waals surface area contributed by atoms with Gasteiger partial charge in [0.2, 0.25) is 10.0 Å². The van der Waals surface area contributed by atoms with Crippen LogP contribution in [0.1, 0.15) is 18.1 Å². The summed E-state index contributed by atoms with van der Waals surface area (Å²) in [7, 11) is -2.01. The minimum absolute atomic E-state index is 0.175. The molecule has 1 rings (SSSR count). The normalized spacial score (nSPS) is 12.1. The largest absolute Gasteiger partial charge is 0.392 e. The van der Waals surface area contributed by atoms with E-state index >= 15 is 0 Å². The van der Waals surface area contributed by atoms with Crippen LogP contribution in [0.3, 0.4) is 0 Å². The van der Waals surface area contributed by atoms with Crippen LogP contribution >= 0.6 is 0 Å². The Morgan fingerprint density at radius 1 is 1.37 bits per heavy atom. The topological polar surface area (TPSA) is 66.8 Å². The van der Waals surface area contributed by atoms with Crippen LogP contribution in [0, 0.1) is 6.92 Å². The lowest BCUT2D eigenvalue weighted by molar-refractivity contribution is 0.138. The van der Waals surface area contributed by atoms with Crippen LogP contribution in [0.15, 0.2) is 23.1 Å². The summed E-state index contributed by atoms with van der Waals surface area (Å²) in [6, 6.07) is 4.94. The number of nitrogens with zero attached hydrogens (tertiary/aromatic N) is 1. The van der Waals surface area contributed by atoms with Gasteiger partial charge in [-0.3, -0.25) is 0 Å². The van der Waals surface area contributed by atoms with Gasteiger partial charge in [0.1, 0.15) is 0 Å². The van der Waals surface area contributed by atoms with Gasteiger partial charge >= 0.3 is 0 Å². The minimum atomic E-state index is -3.54. The highest BCUT2D eigenvalue weighted by molar-refractivity contribution is 7.89. The first-order valence-corrected chi connectivity index (χ1v) is 7.62. The number of aryl methyl sites for hydroxylation is 1. The third-order valence-electron chi connectivity index (χ3n) is 2.88. The molecule has 0 radical (unpaired) electrons. The quantitative estimate of drug-likeness (QED) is 0.764. The molecule has 0 amide bonds. The number of likely N-dealkylation sites (N-methyl/N-ethyl adjacent to an activating group) is 1. The molecule has 5 nitrogen and oxygen atoms in total. The molecule has 1 aromatic carbocycles. The summed E-state index contributed by atoms with van der Waals surface area (Å²) in [6.07, 6.45) is 0. The number of aliphatic hydroxyl groups is 1. The van der Waals surface area contributed by atoms with Crippen LogP contribution in [-0.2, 0) is 21.4 Å². The van der Waals surface area contributed by atoms with Gasteiger partial charge < -0.3 is 9.84 Å². The van der Waals surface area contributed by atoms with E-state index in [1.54, 1.807) is 19.1 Å². The number of hydrogen-bond donors (Lipinski definition) is 1. The number of ether oxygens (including phenoxy) is 1. The van der Waals surface area contributed by atoms with Crippen LogP contribution in [0.2, 0.25) is 0 Å². The van der Waals surface area contributed by atoms with Crippen LogP contribution < -0.4 is 0 Å². The van der Waals surface area contributed by atoms with Crippen LogP contribution in [0.4, 0.5) is 0 Å². The molecule has 0 heterocycles. The molecule has 0 aliphatic rings. The van der Waals surface area contributed by atoms with Crippen molar-refractivity contribution in [3.05, 3.63) is 29.3 Å². The number of hydrogen-bond acceptors (Lipinski definition) is 4. The van der Waals surface area contributed by atoms with Gasteiger partial charge in [0.25, 0.3) is 0 Å². The Labute approximate surface area is 114 Å². The molecule has 1 aromatic rings. The number of aliphatic hydroxyl groups excluding tert-OH is 1. The molecule has 1 N–H and O–H groups in total. The summed E-state index contributed by atoms with van der Waals surface area (Å²) >= 11 is 0. The Hall–Kier alpha value is -0.950. The summed E-state index contributed by atoms with van der Waals surface area (Å²) in [5.74, 6) is 0. The molecule has 0 aliphatic carbocycles. The zero-order valence-corrected chi connectivity index (χ0v) is 12.4. The Morgan fingerprint density at radius 2 is 2.05 bits per heavy atom. The molecular weight excluding hydrogens is 266 g/mol. The van der Waals surface area contributed by atoms with E-state index in [-0.39, 0.29) is 11.5 Å². The van der Waals surface area contributed by atoms with E-state index in [0.717, 1.165) is 0 Å². The van der Waals surface area contributed by atoms with E-state index in [1.165, 1.54) is 17.4 Å². The number of benzene rings is 1. The fourth-order valence-electron chi connectivity index (χ4n) is 1.65. The van der Waals surface area contributed by atoms with Crippen molar-refractivity contribution in [1.29, 1.82) is 0 Å². The summed E-state index contributed by atoms with van der Waals surface area (Å²) in [4.78, 5) is 0.234. The van der Waals surface area contributed by atoms with Gasteiger partial charge in [-0.1, -0.05) is 12.1 Å². The maximum Gasteiger partial charge on any atom is 0.243 e. The third kappa shape index (κ3) is 4.01. The molecule has 0 bridgehead atoms. The van der Waals surface area contributed by atoms with Gasteiger partial charge in [0, 0.05) is 20.2 Å². The minimum Gasteiger partial charge on any atom is -0.392 e. The molecule has 0 saturated heterocycles. The monoisotopic (exact) mass is 287 g/mol. The van der Waals surface area contributed by atoms with Crippen LogP contribution in [0.5, 0.6) is 0 Å². The van der Waals surface area contributed by atoms with Gasteiger partial charge in [-0.05, 0) is 31.0 Å². The highest BCUT2D eigenvalue weighted by Crippen LogP contribution is 2.20. The molecule has 0 atom stereocenters. The third-order valence-corrected chi connectivity index (χ3v) is 4.88. The summed E-state index contributed by atoms with van der Waals surface area (Å²) < 4.78 is 31.2. The Balaban J connectivity index is 2.99. The van der Waals surface area contributed by atoms with Crippen molar-refractivity contribution in [2.24, 2.45) is 0 Å². The first-order chi connectivity index (χ1) is 8.93. The molecule has 0 saturated carbocycles. The smallest absolute Gasteiger partial charge is 0.243 e. The molecule has 0 aromatic heterocycles. The van der Waals surface area contributed by atoms with Crippen molar-refractivity contribution < 1.29 is 18.3 Å². The average Bonchev–Trinajstić information content (AvgIpc) is 2.39. The second-order valence-electron chi connectivity index (χ2n) is 4.28. The highest BCUT2D eigenvalue weighted by atomic mass is 32.2. The molecule has 19 heavy (non-hydrogen) atoms. The molecule has 108 valence electrons. The SMILES string of the molecule is CCOCCN(C)S(=O)(=O)c1cc(CO)ccc1C. The predicted octanol–water partition coefficient (Wildman–Crippen LogP) is 1.14. The lowest BCUT2D eigenvalue weighted by atomic mass is 10.2. The molecule has 0 spiro atoms. The van der Waals surface area contributed by atoms with Crippen LogP contribution in [-0.4, -0.2) is 44.6 Å². The first-order valence-electron chi connectivity index (χ1n) is 6.18. The van der Waals surface area contributed by atoms with Crippen molar-refractivity contribution in [3.8, 4) is 0 Å². The average molecular weight is 287 g/mol. The van der Waals surface area contributed by atoms with Crippen molar-refractivity contribution in [1.82, 2.24) is 4.31 Å². The van der Waals surface area contributed by atoms with Gasteiger partial charge in [-0.25, -0.2) is 8.42 Å². The van der Waals surface area contributed by atoms with E-state index in [4.69, 9.17) is 9.84 Å². The molecule has 0 fully saturated rings. The van der Waals surface area contributed by atoms with Crippen molar-refractivity contribution >= 4 is 10.0 Å².